The third-order valence-corrected chi connectivity index (χ3v) is 2.28. The smallest absolute Gasteiger partial charge is 0.140 e. The van der Waals surface area contributed by atoms with Crippen molar-refractivity contribution in [1.29, 1.82) is 0 Å². The molecule has 0 bridgehead atoms. The lowest BCUT2D eigenvalue weighted by Crippen LogP contribution is -1.91. The van der Waals surface area contributed by atoms with Gasteiger partial charge in [-0.2, -0.15) is 0 Å². The largest absolute Gasteiger partial charge is 0.361 e. The fourth-order valence-electron chi connectivity index (χ4n) is 1.70. The topological polar surface area (TPSA) is 26.0 Å². The maximum atomic E-state index is 5.22. The molecule has 0 amide bonds. The van der Waals surface area contributed by atoms with E-state index in [1.54, 1.807) is 0 Å². The van der Waals surface area contributed by atoms with Crippen molar-refractivity contribution in [3.63, 3.8) is 0 Å². The molecule has 2 nitrogen and oxygen atoms in total. The standard InChI is InChI=1S/C9H13NO/c1-6(2)9-7-4-3-5-8(7)11-10-9/h6H,3-5H2,1-2H3. The number of nitrogens with zero attached hydrogens (tertiary/aromatic N) is 1. The number of hydrogen-bond acceptors (Lipinski definition) is 2. The van der Waals surface area contributed by atoms with Crippen LogP contribution in [0.2, 0.25) is 0 Å². The molecule has 60 valence electrons. The van der Waals surface area contributed by atoms with Crippen LogP contribution in [0.5, 0.6) is 0 Å². The van der Waals surface area contributed by atoms with Crippen LogP contribution in [0.1, 0.15) is 43.2 Å². The summed E-state index contributed by atoms with van der Waals surface area (Å²) in [4.78, 5) is 0. The average molecular weight is 151 g/mol. The second kappa shape index (κ2) is 2.36. The van der Waals surface area contributed by atoms with Gasteiger partial charge >= 0.3 is 0 Å². The van der Waals surface area contributed by atoms with Crippen LogP contribution in [0.25, 0.3) is 0 Å². The van der Waals surface area contributed by atoms with E-state index in [0.29, 0.717) is 5.92 Å². The summed E-state index contributed by atoms with van der Waals surface area (Å²) in [6.07, 6.45) is 3.51. The highest BCUT2D eigenvalue weighted by atomic mass is 16.5. The molecule has 1 aliphatic rings. The monoisotopic (exact) mass is 151 g/mol. The molecule has 0 spiro atoms. The zero-order chi connectivity index (χ0) is 7.84. The minimum absolute atomic E-state index is 0.514. The predicted molar refractivity (Wildman–Crippen MR) is 42.6 cm³/mol. The van der Waals surface area contributed by atoms with Crippen LogP contribution in [0.3, 0.4) is 0 Å². The van der Waals surface area contributed by atoms with E-state index >= 15 is 0 Å². The first-order valence-electron chi connectivity index (χ1n) is 4.26. The van der Waals surface area contributed by atoms with E-state index in [4.69, 9.17) is 4.52 Å². The first kappa shape index (κ1) is 6.89. The van der Waals surface area contributed by atoms with Gasteiger partial charge in [0.15, 0.2) is 0 Å². The van der Waals surface area contributed by atoms with Crippen molar-refractivity contribution in [2.75, 3.05) is 0 Å². The third kappa shape index (κ3) is 0.971. The first-order chi connectivity index (χ1) is 5.29. The average Bonchev–Trinajstić information content (AvgIpc) is 2.41. The molecule has 0 saturated heterocycles. The van der Waals surface area contributed by atoms with Gasteiger partial charge < -0.3 is 4.52 Å². The summed E-state index contributed by atoms with van der Waals surface area (Å²) in [6.45, 7) is 4.33. The lowest BCUT2D eigenvalue weighted by Gasteiger charge is -1.99. The number of rotatable bonds is 1. The number of aromatic nitrogens is 1. The van der Waals surface area contributed by atoms with E-state index in [9.17, 15) is 0 Å². The van der Waals surface area contributed by atoms with Crippen LogP contribution < -0.4 is 0 Å². The molecule has 1 heterocycles. The summed E-state index contributed by atoms with van der Waals surface area (Å²) in [5, 5.41) is 4.06. The normalized spacial score (nSPS) is 15.9. The van der Waals surface area contributed by atoms with Crippen molar-refractivity contribution in [3.05, 3.63) is 17.0 Å². The van der Waals surface area contributed by atoms with Crippen molar-refractivity contribution < 1.29 is 4.52 Å². The molecule has 1 aromatic heterocycles. The van der Waals surface area contributed by atoms with E-state index in [2.05, 4.69) is 19.0 Å². The Bertz CT molecular complexity index is 263. The molecule has 2 heteroatoms. The summed E-state index contributed by atoms with van der Waals surface area (Å²) < 4.78 is 5.22. The Hall–Kier alpha value is -0.790. The zero-order valence-corrected chi connectivity index (χ0v) is 7.05. The van der Waals surface area contributed by atoms with Crippen LogP contribution in [0.4, 0.5) is 0 Å². The molecule has 2 rings (SSSR count). The fraction of sp³-hybridized carbons (Fsp3) is 0.667. The Morgan fingerprint density at radius 3 is 2.91 bits per heavy atom. The lowest BCUT2D eigenvalue weighted by molar-refractivity contribution is 0.377. The van der Waals surface area contributed by atoms with Crippen molar-refractivity contribution in [1.82, 2.24) is 5.16 Å². The van der Waals surface area contributed by atoms with Crippen molar-refractivity contribution in [2.45, 2.75) is 39.0 Å². The number of hydrogen-bond donors (Lipinski definition) is 0. The summed E-state index contributed by atoms with van der Waals surface area (Å²) >= 11 is 0. The molecule has 0 N–H and O–H groups in total. The SMILES string of the molecule is CC(C)c1noc2c1CCC2. The van der Waals surface area contributed by atoms with Crippen LogP contribution in [0, 0.1) is 0 Å². The summed E-state index contributed by atoms with van der Waals surface area (Å²) in [5.41, 5.74) is 2.57. The highest BCUT2D eigenvalue weighted by Crippen LogP contribution is 2.28. The quantitative estimate of drug-likeness (QED) is 0.615. The minimum atomic E-state index is 0.514. The molecular weight excluding hydrogens is 138 g/mol. The predicted octanol–water partition coefficient (Wildman–Crippen LogP) is 2.29. The Balaban J connectivity index is 2.42. The fourth-order valence-corrected chi connectivity index (χ4v) is 1.70. The van der Waals surface area contributed by atoms with Crippen LogP contribution in [0.15, 0.2) is 4.52 Å². The molecule has 1 aromatic rings. The third-order valence-electron chi connectivity index (χ3n) is 2.28. The van der Waals surface area contributed by atoms with Crippen molar-refractivity contribution in [2.24, 2.45) is 0 Å². The van der Waals surface area contributed by atoms with E-state index < -0.39 is 0 Å². The van der Waals surface area contributed by atoms with E-state index in [-0.39, 0.29) is 0 Å². The molecule has 0 fully saturated rings. The molecular formula is C9H13NO. The van der Waals surface area contributed by atoms with Crippen LogP contribution in [-0.2, 0) is 12.8 Å². The van der Waals surface area contributed by atoms with E-state index in [0.717, 1.165) is 12.2 Å². The molecule has 0 saturated carbocycles. The van der Waals surface area contributed by atoms with Crippen molar-refractivity contribution in [3.8, 4) is 0 Å². The minimum Gasteiger partial charge on any atom is -0.361 e. The molecule has 0 aromatic carbocycles. The highest BCUT2D eigenvalue weighted by molar-refractivity contribution is 5.28. The maximum absolute atomic E-state index is 5.22. The summed E-state index contributed by atoms with van der Waals surface area (Å²) in [5.74, 6) is 1.65. The van der Waals surface area contributed by atoms with Gasteiger partial charge in [-0.3, -0.25) is 0 Å². The van der Waals surface area contributed by atoms with Crippen LogP contribution in [-0.4, -0.2) is 5.16 Å². The van der Waals surface area contributed by atoms with Crippen molar-refractivity contribution >= 4 is 0 Å². The Labute approximate surface area is 66.6 Å². The second-order valence-corrected chi connectivity index (χ2v) is 3.48. The number of aryl methyl sites for hydroxylation is 1. The van der Waals surface area contributed by atoms with Gasteiger partial charge in [0, 0.05) is 12.0 Å². The lowest BCUT2D eigenvalue weighted by atomic mass is 10.1. The molecule has 1 aliphatic carbocycles. The first-order valence-corrected chi connectivity index (χ1v) is 4.26. The maximum Gasteiger partial charge on any atom is 0.140 e. The molecule has 0 aliphatic heterocycles. The van der Waals surface area contributed by atoms with Gasteiger partial charge in [0.25, 0.3) is 0 Å². The Kier molecular flexibility index (Phi) is 1.48. The Morgan fingerprint density at radius 1 is 1.36 bits per heavy atom. The summed E-state index contributed by atoms with van der Waals surface area (Å²) in [7, 11) is 0. The van der Waals surface area contributed by atoms with Gasteiger partial charge in [-0.25, -0.2) is 0 Å². The van der Waals surface area contributed by atoms with Crippen LogP contribution >= 0.6 is 0 Å². The molecule has 0 radical (unpaired) electrons. The van der Waals surface area contributed by atoms with Gasteiger partial charge in [0.05, 0.1) is 5.69 Å². The van der Waals surface area contributed by atoms with Gasteiger partial charge in [0.2, 0.25) is 0 Å². The van der Waals surface area contributed by atoms with E-state index in [1.165, 1.54) is 24.1 Å². The number of fused-ring (bicyclic) bond motifs is 1. The van der Waals surface area contributed by atoms with Gasteiger partial charge in [-0.05, 0) is 18.8 Å². The zero-order valence-electron chi connectivity index (χ0n) is 7.05. The summed E-state index contributed by atoms with van der Waals surface area (Å²) in [6, 6.07) is 0. The van der Waals surface area contributed by atoms with E-state index in [1.807, 2.05) is 0 Å². The highest BCUT2D eigenvalue weighted by Gasteiger charge is 2.22. The molecule has 11 heavy (non-hydrogen) atoms. The molecule has 0 unspecified atom stereocenters. The Morgan fingerprint density at radius 2 is 2.18 bits per heavy atom. The second-order valence-electron chi connectivity index (χ2n) is 3.48. The van der Waals surface area contributed by atoms with Gasteiger partial charge in [-0.1, -0.05) is 19.0 Å². The molecule has 0 atom stereocenters. The van der Waals surface area contributed by atoms with Gasteiger partial charge in [0.1, 0.15) is 5.76 Å². The van der Waals surface area contributed by atoms with Gasteiger partial charge in [-0.15, -0.1) is 0 Å².